The molecule has 2 atom stereocenters. The molecule has 3 heterocycles. The molecule has 5 rings (SSSR count). The van der Waals surface area contributed by atoms with Crippen LogP contribution in [0, 0.1) is 5.82 Å². The van der Waals surface area contributed by atoms with Gasteiger partial charge in [0.2, 0.25) is 6.79 Å². The fraction of sp³-hybridized carbons (Fsp3) is 0.211. The number of halogens is 1. The SMILES string of the molecule is O[C@H](C[C@@H]1c2ccccc2-c2cncn21)c1cc2c(cc1F)OCO2. The van der Waals surface area contributed by atoms with Gasteiger partial charge in [0.25, 0.3) is 0 Å². The van der Waals surface area contributed by atoms with Crippen LogP contribution in [0.1, 0.15) is 29.7 Å². The Morgan fingerprint density at radius 1 is 1.24 bits per heavy atom. The molecule has 0 spiro atoms. The third-order valence-electron chi connectivity index (χ3n) is 4.89. The molecular formula is C19H15FN2O3. The number of fused-ring (bicyclic) bond motifs is 4. The van der Waals surface area contributed by atoms with E-state index in [1.807, 2.05) is 35.0 Å². The lowest BCUT2D eigenvalue weighted by Crippen LogP contribution is -2.11. The molecule has 0 radical (unpaired) electrons. The molecule has 1 N–H and O–H groups in total. The molecule has 2 aromatic carbocycles. The minimum Gasteiger partial charge on any atom is -0.454 e. The molecule has 126 valence electrons. The summed E-state index contributed by atoms with van der Waals surface area (Å²) in [6.45, 7) is 0.0721. The van der Waals surface area contributed by atoms with E-state index in [9.17, 15) is 9.50 Å². The zero-order valence-electron chi connectivity index (χ0n) is 13.2. The Hall–Kier alpha value is -2.86. The van der Waals surface area contributed by atoms with Gasteiger partial charge in [-0.1, -0.05) is 24.3 Å². The zero-order chi connectivity index (χ0) is 17.0. The summed E-state index contributed by atoms with van der Waals surface area (Å²) in [6, 6.07) is 10.7. The first-order valence-corrected chi connectivity index (χ1v) is 8.10. The van der Waals surface area contributed by atoms with Gasteiger partial charge in [-0.2, -0.15) is 0 Å². The predicted octanol–water partition coefficient (Wildman–Crippen LogP) is 3.44. The second-order valence-electron chi connectivity index (χ2n) is 6.27. The molecule has 6 heteroatoms. The van der Waals surface area contributed by atoms with E-state index in [1.54, 1.807) is 6.33 Å². The Bertz CT molecular complexity index is 969. The van der Waals surface area contributed by atoms with E-state index in [-0.39, 0.29) is 18.4 Å². The van der Waals surface area contributed by atoms with Gasteiger partial charge in [0.1, 0.15) is 5.82 Å². The van der Waals surface area contributed by atoms with Crippen molar-refractivity contribution in [3.63, 3.8) is 0 Å². The van der Waals surface area contributed by atoms with Crippen molar-refractivity contribution >= 4 is 0 Å². The highest BCUT2D eigenvalue weighted by Gasteiger charge is 2.31. The zero-order valence-corrected chi connectivity index (χ0v) is 13.2. The van der Waals surface area contributed by atoms with Gasteiger partial charge in [0, 0.05) is 23.6 Å². The first-order valence-electron chi connectivity index (χ1n) is 8.10. The van der Waals surface area contributed by atoms with Crippen LogP contribution in [0.2, 0.25) is 0 Å². The average Bonchev–Trinajstić information content (AvgIpc) is 3.31. The van der Waals surface area contributed by atoms with Crippen LogP contribution in [-0.2, 0) is 0 Å². The first kappa shape index (κ1) is 14.5. The lowest BCUT2D eigenvalue weighted by molar-refractivity contribution is 0.149. The molecule has 0 bridgehead atoms. The van der Waals surface area contributed by atoms with Crippen molar-refractivity contribution in [2.75, 3.05) is 6.79 Å². The fourth-order valence-electron chi connectivity index (χ4n) is 3.70. The molecule has 0 unspecified atom stereocenters. The highest BCUT2D eigenvalue weighted by atomic mass is 19.1. The molecule has 0 amide bonds. The lowest BCUT2D eigenvalue weighted by atomic mass is 9.95. The van der Waals surface area contributed by atoms with Crippen LogP contribution >= 0.6 is 0 Å². The summed E-state index contributed by atoms with van der Waals surface area (Å²) in [6.07, 6.45) is 2.94. The molecule has 0 aliphatic carbocycles. The van der Waals surface area contributed by atoms with E-state index in [4.69, 9.17) is 9.47 Å². The average molecular weight is 338 g/mol. The Morgan fingerprint density at radius 3 is 2.92 bits per heavy atom. The number of nitrogens with zero attached hydrogens (tertiary/aromatic N) is 2. The molecule has 25 heavy (non-hydrogen) atoms. The highest BCUT2D eigenvalue weighted by molar-refractivity contribution is 5.69. The molecular weight excluding hydrogens is 323 g/mol. The van der Waals surface area contributed by atoms with Gasteiger partial charge in [0.15, 0.2) is 11.5 Å². The van der Waals surface area contributed by atoms with Gasteiger partial charge in [0.05, 0.1) is 30.4 Å². The maximum Gasteiger partial charge on any atom is 0.231 e. The second-order valence-corrected chi connectivity index (χ2v) is 6.27. The quantitative estimate of drug-likeness (QED) is 0.795. The summed E-state index contributed by atoms with van der Waals surface area (Å²) in [5.41, 5.74) is 3.44. The number of aromatic nitrogens is 2. The van der Waals surface area contributed by atoms with Gasteiger partial charge in [-0.15, -0.1) is 0 Å². The maximum atomic E-state index is 14.4. The fourth-order valence-corrected chi connectivity index (χ4v) is 3.70. The van der Waals surface area contributed by atoms with Gasteiger partial charge < -0.3 is 19.1 Å². The maximum absolute atomic E-state index is 14.4. The van der Waals surface area contributed by atoms with E-state index >= 15 is 0 Å². The molecule has 1 aromatic heterocycles. The predicted molar refractivity (Wildman–Crippen MR) is 87.9 cm³/mol. The summed E-state index contributed by atoms with van der Waals surface area (Å²) < 4.78 is 26.9. The van der Waals surface area contributed by atoms with Crippen molar-refractivity contribution in [2.24, 2.45) is 0 Å². The van der Waals surface area contributed by atoms with Crippen LogP contribution in [0.5, 0.6) is 11.5 Å². The van der Waals surface area contributed by atoms with Crippen molar-refractivity contribution in [3.05, 3.63) is 65.9 Å². The molecule has 5 nitrogen and oxygen atoms in total. The Kier molecular flexibility index (Phi) is 3.08. The van der Waals surface area contributed by atoms with Crippen molar-refractivity contribution < 1.29 is 19.0 Å². The number of benzene rings is 2. The molecule has 3 aromatic rings. The van der Waals surface area contributed by atoms with Crippen LogP contribution in [0.4, 0.5) is 4.39 Å². The highest BCUT2D eigenvalue weighted by Crippen LogP contribution is 2.44. The van der Waals surface area contributed by atoms with E-state index < -0.39 is 11.9 Å². The normalized spacial score (nSPS) is 18.1. The number of aliphatic hydroxyl groups is 1. The number of rotatable bonds is 3. The number of hydrogen-bond acceptors (Lipinski definition) is 4. The first-order chi connectivity index (χ1) is 12.2. The lowest BCUT2D eigenvalue weighted by Gasteiger charge is -2.20. The van der Waals surface area contributed by atoms with Crippen molar-refractivity contribution in [2.45, 2.75) is 18.6 Å². The van der Waals surface area contributed by atoms with Crippen LogP contribution in [-0.4, -0.2) is 21.5 Å². The van der Waals surface area contributed by atoms with E-state index in [1.165, 1.54) is 12.1 Å². The second kappa shape index (κ2) is 5.32. The summed E-state index contributed by atoms with van der Waals surface area (Å²) in [5.74, 6) is 0.344. The molecule has 2 aliphatic rings. The topological polar surface area (TPSA) is 56.5 Å². The van der Waals surface area contributed by atoms with Gasteiger partial charge in [-0.3, -0.25) is 0 Å². The van der Waals surface area contributed by atoms with Gasteiger partial charge in [-0.05, 0) is 11.6 Å². The van der Waals surface area contributed by atoms with Crippen molar-refractivity contribution in [1.29, 1.82) is 0 Å². The molecule has 0 saturated heterocycles. The smallest absolute Gasteiger partial charge is 0.231 e. The third-order valence-corrected chi connectivity index (χ3v) is 4.89. The largest absolute Gasteiger partial charge is 0.454 e. The van der Waals surface area contributed by atoms with Gasteiger partial charge >= 0.3 is 0 Å². The third kappa shape index (κ3) is 2.14. The monoisotopic (exact) mass is 338 g/mol. The number of ether oxygens (including phenoxy) is 2. The molecule has 2 aliphatic heterocycles. The summed E-state index contributed by atoms with van der Waals surface area (Å²) >= 11 is 0. The minimum absolute atomic E-state index is 0.0721. The molecule has 0 saturated carbocycles. The van der Waals surface area contributed by atoms with Crippen LogP contribution in [0.15, 0.2) is 48.9 Å². The Morgan fingerprint density at radius 2 is 2.04 bits per heavy atom. The van der Waals surface area contributed by atoms with E-state index in [0.29, 0.717) is 17.9 Å². The minimum atomic E-state index is -0.971. The van der Waals surface area contributed by atoms with Gasteiger partial charge in [-0.25, -0.2) is 9.37 Å². The van der Waals surface area contributed by atoms with Crippen molar-refractivity contribution in [3.8, 4) is 22.8 Å². The number of aliphatic hydroxyl groups excluding tert-OH is 1. The number of hydrogen-bond donors (Lipinski definition) is 1. The summed E-state index contributed by atoms with van der Waals surface area (Å²) in [7, 11) is 0. The standard InChI is InChI=1S/C19H15FN2O3/c20-14-6-19-18(24-10-25-19)5-13(14)17(23)7-15-11-3-1-2-4-12(11)16-8-21-9-22(15)16/h1-6,8-9,15,17,23H,7,10H2/t15-,17-/m1/s1. The van der Waals surface area contributed by atoms with E-state index in [0.717, 1.165) is 16.8 Å². The van der Waals surface area contributed by atoms with Crippen LogP contribution in [0.3, 0.4) is 0 Å². The van der Waals surface area contributed by atoms with Crippen LogP contribution < -0.4 is 9.47 Å². The Labute approximate surface area is 143 Å². The summed E-state index contributed by atoms with van der Waals surface area (Å²) in [5, 5.41) is 10.7. The van der Waals surface area contributed by atoms with Crippen LogP contribution in [0.25, 0.3) is 11.3 Å². The Balaban J connectivity index is 1.50. The number of imidazole rings is 1. The van der Waals surface area contributed by atoms with E-state index in [2.05, 4.69) is 4.98 Å². The molecule has 0 fully saturated rings. The van der Waals surface area contributed by atoms with Crippen molar-refractivity contribution in [1.82, 2.24) is 9.55 Å². The summed E-state index contributed by atoms with van der Waals surface area (Å²) in [4.78, 5) is 4.21.